The van der Waals surface area contributed by atoms with Crippen molar-refractivity contribution in [3.8, 4) is 5.75 Å². The van der Waals surface area contributed by atoms with Crippen LogP contribution in [0.2, 0.25) is 0 Å². The summed E-state index contributed by atoms with van der Waals surface area (Å²) < 4.78 is 32.4. The van der Waals surface area contributed by atoms with Gasteiger partial charge in [0.05, 0.1) is 16.0 Å². The number of rotatable bonds is 3. The molecular weight excluding hydrogens is 322 g/mol. The maximum atomic E-state index is 12.1. The lowest BCUT2D eigenvalue weighted by Gasteiger charge is -2.23. The van der Waals surface area contributed by atoms with E-state index in [-0.39, 0.29) is 16.7 Å². The van der Waals surface area contributed by atoms with Gasteiger partial charge in [0.1, 0.15) is 5.75 Å². The molecule has 7 heteroatoms. The first-order valence-corrected chi connectivity index (χ1v) is 7.85. The lowest BCUT2D eigenvalue weighted by atomic mass is 10.1. The van der Waals surface area contributed by atoms with Crippen LogP contribution in [0.3, 0.4) is 0 Å². The van der Waals surface area contributed by atoms with Gasteiger partial charge in [-0.3, -0.25) is 0 Å². The highest BCUT2D eigenvalue weighted by atomic mass is 79.9. The SMILES string of the molecule is O=S(=O)(N[C@@H]1CCCOC1)c1ccc(Br)c(O)c1. The van der Waals surface area contributed by atoms with Crippen molar-refractivity contribution in [2.75, 3.05) is 13.2 Å². The van der Waals surface area contributed by atoms with Crippen LogP contribution in [0.15, 0.2) is 27.6 Å². The van der Waals surface area contributed by atoms with Gasteiger partial charge in [-0.2, -0.15) is 0 Å². The number of phenols is 1. The fraction of sp³-hybridized carbons (Fsp3) is 0.455. The summed E-state index contributed by atoms with van der Waals surface area (Å²) in [6, 6.07) is 3.96. The minimum Gasteiger partial charge on any atom is -0.507 e. The van der Waals surface area contributed by atoms with Crippen molar-refractivity contribution in [3.05, 3.63) is 22.7 Å². The number of aromatic hydroxyl groups is 1. The second-order valence-corrected chi connectivity index (χ2v) is 6.72. The molecule has 0 radical (unpaired) electrons. The third-order valence-corrected chi connectivity index (χ3v) is 4.90. The molecule has 0 bridgehead atoms. The van der Waals surface area contributed by atoms with Gasteiger partial charge in [-0.05, 0) is 40.9 Å². The Morgan fingerprint density at radius 1 is 1.44 bits per heavy atom. The van der Waals surface area contributed by atoms with Gasteiger partial charge < -0.3 is 9.84 Å². The van der Waals surface area contributed by atoms with Crippen LogP contribution in [-0.4, -0.2) is 32.8 Å². The van der Waals surface area contributed by atoms with Crippen molar-refractivity contribution in [2.45, 2.75) is 23.8 Å². The van der Waals surface area contributed by atoms with Crippen LogP contribution >= 0.6 is 15.9 Å². The number of sulfonamides is 1. The quantitative estimate of drug-likeness (QED) is 0.879. The van der Waals surface area contributed by atoms with Gasteiger partial charge in [0.25, 0.3) is 0 Å². The van der Waals surface area contributed by atoms with Crippen LogP contribution in [-0.2, 0) is 14.8 Å². The first-order chi connectivity index (χ1) is 8.49. The highest BCUT2D eigenvalue weighted by Gasteiger charge is 2.22. The summed E-state index contributed by atoms with van der Waals surface area (Å²) >= 11 is 3.11. The molecule has 18 heavy (non-hydrogen) atoms. The van der Waals surface area contributed by atoms with Gasteiger partial charge in [-0.1, -0.05) is 0 Å². The van der Waals surface area contributed by atoms with E-state index in [1.165, 1.54) is 18.2 Å². The van der Waals surface area contributed by atoms with Crippen molar-refractivity contribution < 1.29 is 18.3 Å². The molecule has 0 aliphatic carbocycles. The molecule has 100 valence electrons. The number of nitrogens with one attached hydrogen (secondary N) is 1. The predicted octanol–water partition coefficient (Wildman–Crippen LogP) is 1.61. The van der Waals surface area contributed by atoms with Gasteiger partial charge >= 0.3 is 0 Å². The fourth-order valence-corrected chi connectivity index (χ4v) is 3.30. The molecular formula is C11H14BrNO4S. The van der Waals surface area contributed by atoms with Crippen LogP contribution in [0, 0.1) is 0 Å². The molecule has 1 aliphatic rings. The van der Waals surface area contributed by atoms with E-state index in [9.17, 15) is 13.5 Å². The Bertz CT molecular complexity index is 526. The van der Waals surface area contributed by atoms with Gasteiger partial charge in [-0.15, -0.1) is 0 Å². The minimum absolute atomic E-state index is 0.0498. The van der Waals surface area contributed by atoms with E-state index in [4.69, 9.17) is 4.74 Å². The molecule has 2 N–H and O–H groups in total. The smallest absolute Gasteiger partial charge is 0.241 e. The number of hydrogen-bond acceptors (Lipinski definition) is 4. The molecule has 1 atom stereocenters. The lowest BCUT2D eigenvalue weighted by molar-refractivity contribution is 0.0774. The number of halogens is 1. The summed E-state index contributed by atoms with van der Waals surface area (Å²) in [6.45, 7) is 1.07. The number of phenolic OH excluding ortho intramolecular Hbond substituents is 1. The molecule has 1 aromatic carbocycles. The molecule has 0 aromatic heterocycles. The molecule has 1 saturated heterocycles. The van der Waals surface area contributed by atoms with E-state index in [1.807, 2.05) is 0 Å². The van der Waals surface area contributed by atoms with E-state index in [0.29, 0.717) is 17.7 Å². The average molecular weight is 336 g/mol. The Kier molecular flexibility index (Phi) is 4.26. The molecule has 1 aromatic rings. The van der Waals surface area contributed by atoms with Crippen molar-refractivity contribution in [3.63, 3.8) is 0 Å². The fourth-order valence-electron chi connectivity index (χ4n) is 1.78. The summed E-state index contributed by atoms with van der Waals surface area (Å²) in [5.74, 6) is -0.0993. The molecule has 0 spiro atoms. The highest BCUT2D eigenvalue weighted by molar-refractivity contribution is 9.10. The number of hydrogen-bond donors (Lipinski definition) is 2. The second kappa shape index (κ2) is 5.56. The van der Waals surface area contributed by atoms with Crippen LogP contribution in [0.25, 0.3) is 0 Å². The Balaban J connectivity index is 2.16. The average Bonchev–Trinajstić information content (AvgIpc) is 2.33. The summed E-state index contributed by atoms with van der Waals surface area (Å²) in [5, 5.41) is 9.51. The third-order valence-electron chi connectivity index (χ3n) is 2.71. The molecule has 0 unspecified atom stereocenters. The maximum Gasteiger partial charge on any atom is 0.241 e. The molecule has 2 rings (SSSR count). The molecule has 1 aliphatic heterocycles. The van der Waals surface area contributed by atoms with Crippen molar-refractivity contribution in [2.24, 2.45) is 0 Å². The summed E-state index contributed by atoms with van der Waals surface area (Å²) in [4.78, 5) is 0.0498. The monoisotopic (exact) mass is 335 g/mol. The zero-order valence-electron chi connectivity index (χ0n) is 9.60. The largest absolute Gasteiger partial charge is 0.507 e. The Labute approximate surface area is 114 Å². The minimum atomic E-state index is -3.61. The molecule has 1 fully saturated rings. The standard InChI is InChI=1S/C11H14BrNO4S/c12-10-4-3-9(6-11(10)14)18(15,16)13-8-2-1-5-17-7-8/h3-4,6,8,13-14H,1-2,5,7H2/t8-/m1/s1. The van der Waals surface area contributed by atoms with Crippen molar-refractivity contribution in [1.82, 2.24) is 4.72 Å². The summed E-state index contributed by atoms with van der Waals surface area (Å²) in [6.07, 6.45) is 1.61. The van der Waals surface area contributed by atoms with Gasteiger partial charge in [0.2, 0.25) is 10.0 Å². The van der Waals surface area contributed by atoms with E-state index in [1.54, 1.807) is 0 Å². The number of ether oxygens (including phenoxy) is 1. The predicted molar refractivity (Wildman–Crippen MR) is 70.0 cm³/mol. The zero-order chi connectivity index (χ0) is 13.2. The van der Waals surface area contributed by atoms with E-state index >= 15 is 0 Å². The van der Waals surface area contributed by atoms with Gasteiger partial charge in [0, 0.05) is 18.7 Å². The summed E-state index contributed by atoms with van der Waals surface area (Å²) in [7, 11) is -3.61. The van der Waals surface area contributed by atoms with Crippen LogP contribution < -0.4 is 4.72 Å². The van der Waals surface area contributed by atoms with Crippen LogP contribution in [0.5, 0.6) is 5.75 Å². The van der Waals surface area contributed by atoms with E-state index in [0.717, 1.165) is 12.8 Å². The van der Waals surface area contributed by atoms with E-state index < -0.39 is 10.0 Å². The van der Waals surface area contributed by atoms with Crippen LogP contribution in [0.1, 0.15) is 12.8 Å². The van der Waals surface area contributed by atoms with Gasteiger partial charge in [-0.25, -0.2) is 13.1 Å². The molecule has 0 amide bonds. The first-order valence-electron chi connectivity index (χ1n) is 5.57. The van der Waals surface area contributed by atoms with Crippen molar-refractivity contribution >= 4 is 26.0 Å². The lowest BCUT2D eigenvalue weighted by Crippen LogP contribution is -2.40. The van der Waals surface area contributed by atoms with E-state index in [2.05, 4.69) is 20.7 Å². The topological polar surface area (TPSA) is 75.6 Å². The molecule has 5 nitrogen and oxygen atoms in total. The Morgan fingerprint density at radius 3 is 2.83 bits per heavy atom. The maximum absolute atomic E-state index is 12.1. The molecule has 0 saturated carbocycles. The second-order valence-electron chi connectivity index (χ2n) is 4.15. The first kappa shape index (κ1) is 13.8. The normalized spacial score (nSPS) is 20.8. The number of benzene rings is 1. The van der Waals surface area contributed by atoms with Crippen LogP contribution in [0.4, 0.5) is 0 Å². The Morgan fingerprint density at radius 2 is 2.22 bits per heavy atom. The van der Waals surface area contributed by atoms with Crippen molar-refractivity contribution in [1.29, 1.82) is 0 Å². The molecule has 1 heterocycles. The summed E-state index contributed by atoms with van der Waals surface area (Å²) in [5.41, 5.74) is 0. The van der Waals surface area contributed by atoms with Gasteiger partial charge in [0.15, 0.2) is 0 Å². The third kappa shape index (κ3) is 3.23. The zero-order valence-corrected chi connectivity index (χ0v) is 12.0. The highest BCUT2D eigenvalue weighted by Crippen LogP contribution is 2.26. The Hall–Kier alpha value is -0.630.